The summed E-state index contributed by atoms with van der Waals surface area (Å²) in [5.74, 6) is -0.161. The number of hydrogen-bond acceptors (Lipinski definition) is 5. The Kier molecular flexibility index (Phi) is 5.07. The van der Waals surface area contributed by atoms with E-state index in [0.717, 1.165) is 26.9 Å². The molecule has 0 atom stereocenters. The van der Waals surface area contributed by atoms with Gasteiger partial charge in [0.05, 0.1) is 15.6 Å². The van der Waals surface area contributed by atoms with Crippen LogP contribution in [0.25, 0.3) is 11.3 Å². The van der Waals surface area contributed by atoms with Crippen LogP contribution < -0.4 is 5.56 Å². The zero-order chi connectivity index (χ0) is 18.8. The van der Waals surface area contributed by atoms with Crippen LogP contribution in [-0.4, -0.2) is 20.7 Å². The van der Waals surface area contributed by atoms with E-state index < -0.39 is 0 Å². The van der Waals surface area contributed by atoms with Crippen LogP contribution in [-0.2, 0) is 12.8 Å². The van der Waals surface area contributed by atoms with Gasteiger partial charge in [0.2, 0.25) is 5.56 Å². The Morgan fingerprint density at radius 3 is 2.74 bits per heavy atom. The Hall–Kier alpha value is -2.48. The van der Waals surface area contributed by atoms with Gasteiger partial charge in [-0.25, -0.2) is 4.68 Å². The Labute approximate surface area is 167 Å². The van der Waals surface area contributed by atoms with E-state index in [1.54, 1.807) is 18.3 Å². The topological polar surface area (TPSA) is 67.8 Å². The number of nitrogens with one attached hydrogen (secondary N) is 1. The molecule has 0 aliphatic heterocycles. The van der Waals surface area contributed by atoms with Crippen LogP contribution in [0.5, 0.6) is 0 Å². The van der Waals surface area contributed by atoms with Gasteiger partial charge in [0.15, 0.2) is 0 Å². The van der Waals surface area contributed by atoms with E-state index in [1.165, 1.54) is 33.4 Å². The van der Waals surface area contributed by atoms with Crippen LogP contribution in [0.1, 0.15) is 20.9 Å². The number of H-pyrrole nitrogens is 1. The third kappa shape index (κ3) is 3.95. The average Bonchev–Trinajstić information content (AvgIpc) is 3.41. The lowest BCUT2D eigenvalue weighted by Gasteiger charge is -2.04. The van der Waals surface area contributed by atoms with Gasteiger partial charge in [-0.3, -0.25) is 9.59 Å². The number of pyridine rings is 1. The number of aromatic nitrogens is 3. The summed E-state index contributed by atoms with van der Waals surface area (Å²) in [6, 6.07) is 10.7. The molecular formula is C19H14ClN3O2S2. The standard InChI is InChI=1S/C19H14ClN3O2S2/c20-17-5-4-15(27-17)3-2-14-9-16(12-1-6-18(24)21-10-12)22-23(14)19(25)13-7-8-26-11-13/h1,4-11H,2-3H2,(H,21,24). The van der Waals surface area contributed by atoms with Crippen molar-refractivity contribution in [3.8, 4) is 11.3 Å². The third-order valence-electron chi connectivity index (χ3n) is 4.08. The van der Waals surface area contributed by atoms with E-state index in [2.05, 4.69) is 10.1 Å². The molecule has 4 rings (SSSR count). The van der Waals surface area contributed by atoms with E-state index >= 15 is 0 Å². The maximum absolute atomic E-state index is 12.9. The van der Waals surface area contributed by atoms with Gasteiger partial charge in [0.25, 0.3) is 5.91 Å². The third-order valence-corrected chi connectivity index (χ3v) is 6.05. The quantitative estimate of drug-likeness (QED) is 0.522. The smallest absolute Gasteiger partial charge is 0.279 e. The van der Waals surface area contributed by atoms with E-state index in [0.29, 0.717) is 17.7 Å². The van der Waals surface area contributed by atoms with Gasteiger partial charge < -0.3 is 4.98 Å². The highest BCUT2D eigenvalue weighted by molar-refractivity contribution is 7.16. The SMILES string of the molecule is O=C(c1ccsc1)n1nc(-c2ccc(=O)[nH]c2)cc1CCc1ccc(Cl)s1. The normalized spacial score (nSPS) is 11.0. The lowest BCUT2D eigenvalue weighted by molar-refractivity contribution is 0.0942. The molecule has 0 saturated carbocycles. The van der Waals surface area contributed by atoms with Gasteiger partial charge in [0, 0.05) is 33.8 Å². The van der Waals surface area contributed by atoms with Crippen molar-refractivity contribution in [2.75, 3.05) is 0 Å². The second-order valence-electron chi connectivity index (χ2n) is 5.90. The van der Waals surface area contributed by atoms with Crippen LogP contribution in [0.15, 0.2) is 58.1 Å². The summed E-state index contributed by atoms with van der Waals surface area (Å²) in [5.41, 5.74) is 2.65. The summed E-state index contributed by atoms with van der Waals surface area (Å²) < 4.78 is 2.21. The zero-order valence-corrected chi connectivity index (χ0v) is 16.4. The fourth-order valence-corrected chi connectivity index (χ4v) is 4.45. The number of hydrogen-bond donors (Lipinski definition) is 1. The summed E-state index contributed by atoms with van der Waals surface area (Å²) in [6.07, 6.45) is 3.03. The number of aryl methyl sites for hydroxylation is 2. The molecule has 0 saturated heterocycles. The maximum Gasteiger partial charge on any atom is 0.279 e. The van der Waals surface area contributed by atoms with Gasteiger partial charge in [-0.2, -0.15) is 16.4 Å². The summed E-state index contributed by atoms with van der Waals surface area (Å²) in [7, 11) is 0. The van der Waals surface area contributed by atoms with Crippen molar-refractivity contribution in [3.05, 3.63) is 84.2 Å². The van der Waals surface area contributed by atoms with Crippen molar-refractivity contribution in [1.82, 2.24) is 14.8 Å². The Bertz CT molecular complexity index is 1120. The van der Waals surface area contributed by atoms with Crippen LogP contribution in [0.3, 0.4) is 0 Å². The van der Waals surface area contributed by atoms with Gasteiger partial charge in [-0.1, -0.05) is 11.6 Å². The molecule has 27 heavy (non-hydrogen) atoms. The number of carbonyl (C=O) groups excluding carboxylic acids is 1. The molecule has 0 amide bonds. The van der Waals surface area contributed by atoms with Gasteiger partial charge in [0.1, 0.15) is 0 Å². The minimum atomic E-state index is -0.178. The zero-order valence-electron chi connectivity index (χ0n) is 14.0. The van der Waals surface area contributed by atoms with Crippen molar-refractivity contribution in [2.24, 2.45) is 0 Å². The number of rotatable bonds is 5. The first-order chi connectivity index (χ1) is 13.1. The summed E-state index contributed by atoms with van der Waals surface area (Å²) in [6.45, 7) is 0. The number of thiophene rings is 2. The fourth-order valence-electron chi connectivity index (χ4n) is 2.73. The van der Waals surface area contributed by atoms with Crippen LogP contribution >= 0.6 is 34.3 Å². The number of halogens is 1. The molecule has 0 aliphatic rings. The Balaban J connectivity index is 1.69. The summed E-state index contributed by atoms with van der Waals surface area (Å²) in [5, 5.41) is 8.19. The lowest BCUT2D eigenvalue weighted by Crippen LogP contribution is -2.16. The van der Waals surface area contributed by atoms with Crippen molar-refractivity contribution in [3.63, 3.8) is 0 Å². The first kappa shape index (κ1) is 17.9. The van der Waals surface area contributed by atoms with Gasteiger partial charge in [-0.05, 0) is 48.6 Å². The number of aromatic amines is 1. The maximum atomic E-state index is 12.9. The van der Waals surface area contributed by atoms with E-state index in [4.69, 9.17) is 11.6 Å². The highest BCUT2D eigenvalue weighted by Gasteiger charge is 2.17. The van der Waals surface area contributed by atoms with Crippen LogP contribution in [0, 0.1) is 0 Å². The fraction of sp³-hybridized carbons (Fsp3) is 0.105. The molecule has 0 radical (unpaired) electrons. The predicted octanol–water partition coefficient (Wildman–Crippen LogP) is 4.49. The predicted molar refractivity (Wildman–Crippen MR) is 109 cm³/mol. The minimum absolute atomic E-state index is 0.161. The number of carbonyl (C=O) groups is 1. The average molecular weight is 416 g/mol. The highest BCUT2D eigenvalue weighted by atomic mass is 35.5. The molecule has 8 heteroatoms. The number of nitrogens with zero attached hydrogens (tertiary/aromatic N) is 2. The van der Waals surface area contributed by atoms with Crippen molar-refractivity contribution in [2.45, 2.75) is 12.8 Å². The molecule has 136 valence electrons. The molecule has 0 unspecified atom stereocenters. The molecule has 4 aromatic rings. The van der Waals surface area contributed by atoms with Crippen LogP contribution in [0.4, 0.5) is 0 Å². The Morgan fingerprint density at radius 1 is 1.19 bits per heavy atom. The van der Waals surface area contributed by atoms with Gasteiger partial charge >= 0.3 is 0 Å². The molecule has 5 nitrogen and oxygen atoms in total. The molecule has 0 aliphatic carbocycles. The summed E-state index contributed by atoms with van der Waals surface area (Å²) in [4.78, 5) is 28.0. The van der Waals surface area contributed by atoms with E-state index in [-0.39, 0.29) is 11.5 Å². The molecule has 4 heterocycles. The van der Waals surface area contributed by atoms with Crippen molar-refractivity contribution < 1.29 is 4.79 Å². The first-order valence-corrected chi connectivity index (χ1v) is 10.3. The molecule has 0 spiro atoms. The highest BCUT2D eigenvalue weighted by Crippen LogP contribution is 2.24. The molecule has 0 bridgehead atoms. The largest absolute Gasteiger partial charge is 0.328 e. The van der Waals surface area contributed by atoms with Crippen molar-refractivity contribution in [1.29, 1.82) is 0 Å². The van der Waals surface area contributed by atoms with Gasteiger partial charge in [-0.15, -0.1) is 11.3 Å². The molecule has 0 fully saturated rings. The monoisotopic (exact) mass is 415 g/mol. The molecule has 4 aromatic heterocycles. The van der Waals surface area contributed by atoms with E-state index in [9.17, 15) is 9.59 Å². The second kappa shape index (κ2) is 7.64. The summed E-state index contributed by atoms with van der Waals surface area (Å²) >= 11 is 9.02. The lowest BCUT2D eigenvalue weighted by atomic mass is 10.1. The van der Waals surface area contributed by atoms with E-state index in [1.807, 2.05) is 29.0 Å². The second-order valence-corrected chi connectivity index (χ2v) is 8.48. The van der Waals surface area contributed by atoms with Crippen molar-refractivity contribution >= 4 is 40.2 Å². The molecule has 1 N–H and O–H groups in total. The Morgan fingerprint density at radius 2 is 2.07 bits per heavy atom. The minimum Gasteiger partial charge on any atom is -0.328 e. The first-order valence-electron chi connectivity index (χ1n) is 8.19. The molecular weight excluding hydrogens is 402 g/mol. The molecule has 0 aromatic carbocycles. The van der Waals surface area contributed by atoms with Crippen LogP contribution in [0.2, 0.25) is 4.34 Å².